The Morgan fingerprint density at radius 3 is 2.71 bits per heavy atom. The van der Waals surface area contributed by atoms with E-state index in [1.807, 2.05) is 29.6 Å². The van der Waals surface area contributed by atoms with Crippen molar-refractivity contribution >= 4 is 34.2 Å². The van der Waals surface area contributed by atoms with E-state index in [4.69, 9.17) is 14.4 Å². The monoisotopic (exact) mass is 530 g/mol. The molecule has 0 unspecified atom stereocenters. The smallest absolute Gasteiger partial charge is 0.308 e. The number of pyridine rings is 1. The summed E-state index contributed by atoms with van der Waals surface area (Å²) in [5.74, 6) is 0.666. The van der Waals surface area contributed by atoms with Gasteiger partial charge in [-0.3, -0.25) is 9.89 Å². The highest BCUT2D eigenvalue weighted by Gasteiger charge is 2.47. The first-order valence-electron chi connectivity index (χ1n) is 12.6. The van der Waals surface area contributed by atoms with Crippen molar-refractivity contribution in [1.29, 1.82) is 0 Å². The zero-order valence-electron chi connectivity index (χ0n) is 20.1. The number of carbonyl (C=O) groups is 1. The Bertz CT molecular complexity index is 1640. The molecule has 2 bridgehead atoms. The summed E-state index contributed by atoms with van der Waals surface area (Å²) in [7, 11) is 0. The quantitative estimate of drug-likeness (QED) is 0.250. The number of aliphatic carboxylic acids is 1. The van der Waals surface area contributed by atoms with Crippen LogP contribution >= 0.6 is 11.3 Å². The molecule has 3 fully saturated rings. The van der Waals surface area contributed by atoms with Crippen LogP contribution in [0.25, 0.3) is 44.6 Å². The molecule has 38 heavy (non-hydrogen) atoms. The molecule has 0 aliphatic heterocycles. The lowest BCUT2D eigenvalue weighted by Gasteiger charge is -2.47. The predicted molar refractivity (Wildman–Crippen MR) is 140 cm³/mol. The van der Waals surface area contributed by atoms with Gasteiger partial charge in [0.1, 0.15) is 28.8 Å². The van der Waals surface area contributed by atoms with E-state index in [1.165, 1.54) is 6.07 Å². The average Bonchev–Trinajstić information content (AvgIpc) is 3.69. The van der Waals surface area contributed by atoms with Gasteiger partial charge in [-0.1, -0.05) is 6.07 Å². The van der Waals surface area contributed by atoms with E-state index in [9.17, 15) is 14.3 Å². The van der Waals surface area contributed by atoms with Gasteiger partial charge in [0, 0.05) is 12.1 Å². The molecule has 0 saturated heterocycles. The third kappa shape index (κ3) is 3.94. The summed E-state index contributed by atoms with van der Waals surface area (Å²) in [6, 6.07) is 10.5. The minimum absolute atomic E-state index is 0.153. The molecule has 9 nitrogen and oxygen atoms in total. The number of aromatic nitrogens is 5. The summed E-state index contributed by atoms with van der Waals surface area (Å²) < 4.78 is 20.2. The van der Waals surface area contributed by atoms with E-state index in [0.717, 1.165) is 42.5 Å². The Morgan fingerprint density at radius 2 is 1.92 bits per heavy atom. The second kappa shape index (κ2) is 9.02. The highest BCUT2D eigenvalue weighted by atomic mass is 32.1. The molecule has 5 aromatic heterocycles. The van der Waals surface area contributed by atoms with E-state index >= 15 is 0 Å². The van der Waals surface area contributed by atoms with Gasteiger partial charge in [0.2, 0.25) is 0 Å². The van der Waals surface area contributed by atoms with Gasteiger partial charge in [0.05, 0.1) is 22.4 Å². The molecule has 3 aliphatic rings. The van der Waals surface area contributed by atoms with Gasteiger partial charge >= 0.3 is 5.97 Å². The van der Waals surface area contributed by atoms with Crippen molar-refractivity contribution in [3.05, 3.63) is 53.8 Å². The van der Waals surface area contributed by atoms with Gasteiger partial charge in [-0.15, -0.1) is 11.3 Å². The van der Waals surface area contributed by atoms with Crippen LogP contribution in [0, 0.1) is 23.6 Å². The molecule has 11 heteroatoms. The second-order valence-electron chi connectivity index (χ2n) is 9.94. The fourth-order valence-electron chi connectivity index (χ4n) is 6.01. The van der Waals surface area contributed by atoms with E-state index < -0.39 is 17.7 Å². The predicted octanol–water partition coefficient (Wildman–Crippen LogP) is 5.84. The maximum Gasteiger partial charge on any atom is 0.308 e. The van der Waals surface area contributed by atoms with E-state index in [0.29, 0.717) is 34.0 Å². The van der Waals surface area contributed by atoms with Crippen LogP contribution in [0.2, 0.25) is 0 Å². The molecule has 0 aromatic carbocycles. The van der Waals surface area contributed by atoms with Gasteiger partial charge in [0.25, 0.3) is 0 Å². The fourth-order valence-corrected chi connectivity index (χ4v) is 6.70. The lowest BCUT2D eigenvalue weighted by atomic mass is 9.61. The minimum Gasteiger partial charge on any atom is -0.481 e. The van der Waals surface area contributed by atoms with Crippen LogP contribution in [-0.4, -0.2) is 42.3 Å². The molecule has 5 aromatic rings. The number of nitrogens with zero attached hydrogens (tertiary/aromatic N) is 4. The van der Waals surface area contributed by atoms with Crippen LogP contribution in [0.5, 0.6) is 0 Å². The van der Waals surface area contributed by atoms with E-state index in [-0.39, 0.29) is 23.7 Å². The topological polar surface area (TPSA) is 130 Å². The number of carboxylic acid groups (broad SMARTS) is 1. The third-order valence-corrected chi connectivity index (χ3v) is 8.65. The van der Waals surface area contributed by atoms with Crippen molar-refractivity contribution in [3.63, 3.8) is 0 Å². The summed E-state index contributed by atoms with van der Waals surface area (Å²) in [4.78, 5) is 26.7. The first-order chi connectivity index (χ1) is 18.5. The molecule has 0 amide bonds. The standard InChI is InChI=1S/C27H23FN6O3S/c28-15-10-16-24(33-34-25(16)29-12-15)26-30-17(18-7-8-19(37-18)20-2-1-9-38-20)11-21(32-26)31-23-14-5-3-13(4-6-14)22(23)27(35)36/h1-2,7-14,22-23H,3-6H2,(H,35,36)(H,29,33,34)(H,30,31,32)/t13?,14?,22-,23-/m0/s1. The summed E-state index contributed by atoms with van der Waals surface area (Å²) in [6.07, 6.45) is 4.98. The number of thiophene rings is 1. The number of nitrogens with one attached hydrogen (secondary N) is 2. The third-order valence-electron chi connectivity index (χ3n) is 7.77. The first-order valence-corrected chi connectivity index (χ1v) is 13.4. The highest BCUT2D eigenvalue weighted by Crippen LogP contribution is 2.46. The maximum atomic E-state index is 14.1. The van der Waals surface area contributed by atoms with Crippen LogP contribution < -0.4 is 5.32 Å². The molecule has 8 rings (SSSR count). The summed E-state index contributed by atoms with van der Waals surface area (Å²) in [5, 5.41) is 23.0. The van der Waals surface area contributed by atoms with Crippen LogP contribution in [0.15, 0.2) is 52.4 Å². The number of furan rings is 1. The van der Waals surface area contributed by atoms with Gasteiger partial charge in [-0.25, -0.2) is 19.3 Å². The Hall–Kier alpha value is -4.12. The molecule has 3 N–H and O–H groups in total. The largest absolute Gasteiger partial charge is 0.481 e. The number of halogens is 1. The SMILES string of the molecule is O=C(O)[C@H]1C2CCC(CC2)[C@@H]1Nc1cc(-c2ccc(-c3cccs3)o2)nc(-c2[nH]nc3ncc(F)cc23)n1. The van der Waals surface area contributed by atoms with Gasteiger partial charge in [0.15, 0.2) is 17.2 Å². The van der Waals surface area contributed by atoms with Gasteiger partial charge in [-0.2, -0.15) is 5.10 Å². The molecule has 0 spiro atoms. The number of H-pyrrole nitrogens is 1. The van der Waals surface area contributed by atoms with Crippen LogP contribution in [-0.2, 0) is 4.79 Å². The van der Waals surface area contributed by atoms with Crippen LogP contribution in [0.4, 0.5) is 10.2 Å². The van der Waals surface area contributed by atoms with Crippen LogP contribution in [0.1, 0.15) is 25.7 Å². The molecule has 3 saturated carbocycles. The number of carboxylic acids is 1. The molecule has 2 atom stereocenters. The normalized spacial score (nSPS) is 22.7. The molecule has 0 radical (unpaired) electrons. The summed E-state index contributed by atoms with van der Waals surface area (Å²) in [6.45, 7) is 0. The maximum absolute atomic E-state index is 14.1. The van der Waals surface area contributed by atoms with E-state index in [1.54, 1.807) is 17.4 Å². The minimum atomic E-state index is -0.779. The zero-order chi connectivity index (χ0) is 25.8. The molecule has 3 aliphatic carbocycles. The fraction of sp³-hybridized carbons (Fsp3) is 0.296. The first kappa shape index (κ1) is 23.0. The number of hydrogen-bond acceptors (Lipinski definition) is 8. The van der Waals surface area contributed by atoms with Crippen molar-refractivity contribution < 1.29 is 18.7 Å². The Labute approximate surface area is 220 Å². The molecular formula is C27H23FN6O3S. The Balaban J connectivity index is 1.33. The van der Waals surface area contributed by atoms with Gasteiger partial charge in [-0.05, 0) is 67.2 Å². The average molecular weight is 531 g/mol. The van der Waals surface area contributed by atoms with E-state index in [2.05, 4.69) is 20.5 Å². The zero-order valence-corrected chi connectivity index (χ0v) is 20.9. The number of hydrogen-bond donors (Lipinski definition) is 3. The van der Waals surface area contributed by atoms with Gasteiger partial charge < -0.3 is 14.8 Å². The van der Waals surface area contributed by atoms with Crippen molar-refractivity contribution in [2.24, 2.45) is 17.8 Å². The number of aromatic amines is 1. The Morgan fingerprint density at radius 1 is 1.11 bits per heavy atom. The van der Waals surface area contributed by atoms with Crippen molar-refractivity contribution in [3.8, 4) is 33.6 Å². The van der Waals surface area contributed by atoms with Crippen LogP contribution in [0.3, 0.4) is 0 Å². The second-order valence-corrected chi connectivity index (χ2v) is 10.9. The lowest BCUT2D eigenvalue weighted by molar-refractivity contribution is -0.148. The Kier molecular flexibility index (Phi) is 5.46. The highest BCUT2D eigenvalue weighted by molar-refractivity contribution is 7.13. The molecule has 192 valence electrons. The van der Waals surface area contributed by atoms with Crippen molar-refractivity contribution in [1.82, 2.24) is 25.1 Å². The summed E-state index contributed by atoms with van der Waals surface area (Å²) in [5.41, 5.74) is 1.28. The summed E-state index contributed by atoms with van der Waals surface area (Å²) >= 11 is 1.57. The number of rotatable bonds is 6. The lowest BCUT2D eigenvalue weighted by Crippen LogP contribution is -2.51. The van der Waals surface area contributed by atoms with Crippen molar-refractivity contribution in [2.45, 2.75) is 31.7 Å². The number of anilines is 1. The molecule has 5 heterocycles. The number of fused-ring (bicyclic) bond motifs is 4. The molecular weight excluding hydrogens is 507 g/mol. The van der Waals surface area contributed by atoms with Crippen molar-refractivity contribution in [2.75, 3.05) is 5.32 Å².